The highest BCUT2D eigenvalue weighted by Crippen LogP contribution is 2.39. The minimum Gasteiger partial charge on any atom is -0.322 e. The third-order valence-electron chi connectivity index (χ3n) is 5.07. The molecule has 150 valence electrons. The van der Waals surface area contributed by atoms with Gasteiger partial charge in [0.1, 0.15) is 0 Å². The van der Waals surface area contributed by atoms with Gasteiger partial charge in [0.05, 0.1) is 11.3 Å². The molecule has 0 radical (unpaired) electrons. The quantitative estimate of drug-likeness (QED) is 0.406. The molecule has 4 aromatic carbocycles. The summed E-state index contributed by atoms with van der Waals surface area (Å²) in [6, 6.07) is 30.6. The monoisotopic (exact) mass is 422 g/mol. The summed E-state index contributed by atoms with van der Waals surface area (Å²) in [7, 11) is 0. The van der Waals surface area contributed by atoms with E-state index in [0.29, 0.717) is 22.5 Å². The molecule has 0 atom stereocenters. The lowest BCUT2D eigenvalue weighted by molar-refractivity contribution is 0.101. The molecule has 2 amide bonds. The van der Waals surface area contributed by atoms with Gasteiger partial charge in [0.15, 0.2) is 0 Å². The van der Waals surface area contributed by atoms with Crippen molar-refractivity contribution in [2.24, 2.45) is 0 Å². The molecular weight excluding hydrogens is 404 g/mol. The van der Waals surface area contributed by atoms with E-state index in [1.165, 1.54) is 11.8 Å². The van der Waals surface area contributed by atoms with Crippen LogP contribution in [0, 0.1) is 0 Å². The van der Waals surface area contributed by atoms with E-state index in [4.69, 9.17) is 0 Å². The van der Waals surface area contributed by atoms with Crippen LogP contribution in [0.25, 0.3) is 11.1 Å². The lowest BCUT2D eigenvalue weighted by Crippen LogP contribution is -2.14. The fourth-order valence-electron chi connectivity index (χ4n) is 3.52. The van der Waals surface area contributed by atoms with E-state index < -0.39 is 0 Å². The van der Waals surface area contributed by atoms with Crippen LogP contribution < -0.4 is 10.6 Å². The van der Waals surface area contributed by atoms with Gasteiger partial charge in [-0.3, -0.25) is 9.59 Å². The standard InChI is InChI=1S/C26H18N2O2S/c29-25(27-20-10-6-9-18(15-20)17-7-2-1-3-8-17)19-13-14-24-22(16-19)28-26(30)21-11-4-5-12-23(21)31-24/h1-16H,(H,27,29)(H,28,30). The van der Waals surface area contributed by atoms with Gasteiger partial charge in [-0.05, 0) is 53.6 Å². The van der Waals surface area contributed by atoms with Crippen LogP contribution in [0.1, 0.15) is 20.7 Å². The smallest absolute Gasteiger partial charge is 0.256 e. The first-order valence-electron chi connectivity index (χ1n) is 9.86. The van der Waals surface area contributed by atoms with E-state index >= 15 is 0 Å². The Morgan fingerprint density at radius 3 is 2.39 bits per heavy atom. The van der Waals surface area contributed by atoms with Gasteiger partial charge in [0.2, 0.25) is 0 Å². The van der Waals surface area contributed by atoms with E-state index in [-0.39, 0.29) is 11.8 Å². The number of benzene rings is 4. The Bertz CT molecular complexity index is 1300. The third kappa shape index (κ3) is 3.96. The Kier molecular flexibility index (Phi) is 5.02. The molecule has 1 aliphatic heterocycles. The summed E-state index contributed by atoms with van der Waals surface area (Å²) >= 11 is 1.52. The van der Waals surface area contributed by atoms with Crippen molar-refractivity contribution >= 4 is 35.0 Å². The molecule has 4 nitrogen and oxygen atoms in total. The van der Waals surface area contributed by atoms with Crippen molar-refractivity contribution < 1.29 is 9.59 Å². The summed E-state index contributed by atoms with van der Waals surface area (Å²) in [4.78, 5) is 27.3. The predicted molar refractivity (Wildman–Crippen MR) is 125 cm³/mol. The second kappa shape index (κ2) is 8.13. The maximum absolute atomic E-state index is 12.9. The van der Waals surface area contributed by atoms with Crippen LogP contribution in [-0.4, -0.2) is 11.8 Å². The highest BCUT2D eigenvalue weighted by atomic mass is 32.2. The largest absolute Gasteiger partial charge is 0.322 e. The Morgan fingerprint density at radius 1 is 0.742 bits per heavy atom. The van der Waals surface area contributed by atoms with Crippen LogP contribution in [0.4, 0.5) is 11.4 Å². The summed E-state index contributed by atoms with van der Waals surface area (Å²) in [6.07, 6.45) is 0. The average molecular weight is 423 g/mol. The number of anilines is 2. The average Bonchev–Trinajstić information content (AvgIpc) is 2.95. The first-order valence-corrected chi connectivity index (χ1v) is 10.7. The Labute approximate surface area is 184 Å². The van der Waals surface area contributed by atoms with Crippen LogP contribution >= 0.6 is 11.8 Å². The second-order valence-electron chi connectivity index (χ2n) is 7.16. The van der Waals surface area contributed by atoms with E-state index in [1.807, 2.05) is 78.9 Å². The summed E-state index contributed by atoms with van der Waals surface area (Å²) < 4.78 is 0. The number of nitrogens with one attached hydrogen (secondary N) is 2. The maximum atomic E-state index is 12.9. The summed E-state index contributed by atoms with van der Waals surface area (Å²) in [5, 5.41) is 5.89. The van der Waals surface area contributed by atoms with Gasteiger partial charge < -0.3 is 10.6 Å². The number of rotatable bonds is 3. The van der Waals surface area contributed by atoms with Gasteiger partial charge in [0.25, 0.3) is 11.8 Å². The number of carbonyl (C=O) groups is 2. The number of hydrogen-bond donors (Lipinski definition) is 2. The minimum atomic E-state index is -0.228. The molecule has 5 rings (SSSR count). The van der Waals surface area contributed by atoms with Gasteiger partial charge in [0, 0.05) is 21.0 Å². The van der Waals surface area contributed by atoms with Crippen molar-refractivity contribution in [3.05, 3.63) is 108 Å². The first-order chi connectivity index (χ1) is 15.2. The third-order valence-corrected chi connectivity index (χ3v) is 6.22. The van der Waals surface area contributed by atoms with Gasteiger partial charge in [-0.15, -0.1) is 0 Å². The molecule has 1 heterocycles. The molecule has 0 aromatic heterocycles. The van der Waals surface area contributed by atoms with Crippen LogP contribution in [0.3, 0.4) is 0 Å². The van der Waals surface area contributed by atoms with Crippen molar-refractivity contribution in [2.75, 3.05) is 10.6 Å². The van der Waals surface area contributed by atoms with Crippen molar-refractivity contribution in [2.45, 2.75) is 9.79 Å². The number of hydrogen-bond acceptors (Lipinski definition) is 3. The van der Waals surface area contributed by atoms with Crippen LogP contribution in [0.15, 0.2) is 107 Å². The van der Waals surface area contributed by atoms with Crippen molar-refractivity contribution in [3.63, 3.8) is 0 Å². The zero-order valence-corrected chi connectivity index (χ0v) is 17.3. The Balaban J connectivity index is 1.39. The molecule has 0 saturated heterocycles. The highest BCUT2D eigenvalue weighted by Gasteiger charge is 2.20. The first kappa shape index (κ1) is 19.2. The zero-order valence-electron chi connectivity index (χ0n) is 16.5. The molecule has 31 heavy (non-hydrogen) atoms. The summed E-state index contributed by atoms with van der Waals surface area (Å²) in [5.74, 6) is -0.399. The second-order valence-corrected chi connectivity index (χ2v) is 8.25. The molecule has 0 fully saturated rings. The molecule has 0 spiro atoms. The number of amides is 2. The molecule has 0 aliphatic carbocycles. The molecule has 0 bridgehead atoms. The predicted octanol–water partition coefficient (Wildman–Crippen LogP) is 6.32. The number of carbonyl (C=O) groups excluding carboxylic acids is 2. The Hall–Kier alpha value is -3.83. The number of fused-ring (bicyclic) bond motifs is 2. The van der Waals surface area contributed by atoms with Gasteiger partial charge in [-0.2, -0.15) is 0 Å². The van der Waals surface area contributed by atoms with Crippen molar-refractivity contribution in [1.29, 1.82) is 0 Å². The summed E-state index contributed by atoms with van der Waals surface area (Å²) in [6.45, 7) is 0. The lowest BCUT2D eigenvalue weighted by atomic mass is 10.1. The van der Waals surface area contributed by atoms with Crippen molar-refractivity contribution in [3.8, 4) is 11.1 Å². The Morgan fingerprint density at radius 2 is 1.52 bits per heavy atom. The van der Waals surface area contributed by atoms with Crippen molar-refractivity contribution in [1.82, 2.24) is 0 Å². The van der Waals surface area contributed by atoms with E-state index in [1.54, 1.807) is 18.2 Å². The lowest BCUT2D eigenvalue weighted by Gasteiger charge is -2.11. The molecule has 2 N–H and O–H groups in total. The van der Waals surface area contributed by atoms with Gasteiger partial charge in [-0.25, -0.2) is 0 Å². The topological polar surface area (TPSA) is 58.2 Å². The van der Waals surface area contributed by atoms with E-state index in [9.17, 15) is 9.59 Å². The fourth-order valence-corrected chi connectivity index (χ4v) is 4.53. The molecular formula is C26H18N2O2S. The van der Waals surface area contributed by atoms with Gasteiger partial charge in [-0.1, -0.05) is 66.4 Å². The van der Waals surface area contributed by atoms with E-state index in [2.05, 4.69) is 10.6 Å². The molecule has 0 saturated carbocycles. The fraction of sp³-hybridized carbons (Fsp3) is 0. The molecule has 4 aromatic rings. The highest BCUT2D eigenvalue weighted by molar-refractivity contribution is 7.99. The SMILES string of the molecule is O=C(Nc1cccc(-c2ccccc2)c1)c1ccc2c(c1)NC(=O)c1ccccc1S2. The van der Waals surface area contributed by atoms with Crippen LogP contribution in [0.5, 0.6) is 0 Å². The van der Waals surface area contributed by atoms with E-state index in [0.717, 1.165) is 20.9 Å². The zero-order chi connectivity index (χ0) is 21.2. The molecule has 5 heteroatoms. The minimum absolute atomic E-state index is 0.171. The molecule has 1 aliphatic rings. The normalized spacial score (nSPS) is 12.2. The van der Waals surface area contributed by atoms with Crippen LogP contribution in [0.2, 0.25) is 0 Å². The van der Waals surface area contributed by atoms with Gasteiger partial charge >= 0.3 is 0 Å². The van der Waals surface area contributed by atoms with Crippen LogP contribution in [-0.2, 0) is 0 Å². The molecule has 0 unspecified atom stereocenters. The maximum Gasteiger partial charge on any atom is 0.256 e. The summed E-state index contributed by atoms with van der Waals surface area (Å²) in [5.41, 5.74) is 4.58.